The van der Waals surface area contributed by atoms with Gasteiger partial charge in [0.05, 0.1) is 30.5 Å². The van der Waals surface area contributed by atoms with Crippen molar-refractivity contribution in [1.29, 1.82) is 0 Å². The molecule has 0 radical (unpaired) electrons. The summed E-state index contributed by atoms with van der Waals surface area (Å²) >= 11 is 0. The topological polar surface area (TPSA) is 75.4 Å². The summed E-state index contributed by atoms with van der Waals surface area (Å²) in [5, 5.41) is 14.2. The van der Waals surface area contributed by atoms with E-state index in [0.29, 0.717) is 37.2 Å². The number of ketones is 1. The van der Waals surface area contributed by atoms with Gasteiger partial charge in [0.1, 0.15) is 0 Å². The Labute approximate surface area is 164 Å². The van der Waals surface area contributed by atoms with Crippen LogP contribution in [0.1, 0.15) is 55.7 Å². The molecule has 1 atom stereocenters. The molecule has 2 aromatic rings. The van der Waals surface area contributed by atoms with E-state index in [2.05, 4.69) is 5.10 Å². The van der Waals surface area contributed by atoms with Crippen molar-refractivity contribution >= 4 is 17.3 Å². The van der Waals surface area contributed by atoms with E-state index in [9.17, 15) is 14.7 Å². The molecule has 1 amide bonds. The normalized spacial score (nSPS) is 18.2. The SMILES string of the molecule is C[C@@H](O)c1cc2n(n1)CCCN(C(=O)CC1=C(c3ccccc3)CCC1=O)C2. The first kappa shape index (κ1) is 18.6. The number of allylic oxidation sites excluding steroid dienone is 1. The third-order valence-electron chi connectivity index (χ3n) is 5.57. The second-order valence-electron chi connectivity index (χ2n) is 7.55. The highest BCUT2D eigenvalue weighted by Gasteiger charge is 2.28. The molecule has 1 aromatic carbocycles. The number of Topliss-reactive ketones (excluding diaryl/α,β-unsaturated/α-hetero) is 1. The van der Waals surface area contributed by atoms with Gasteiger partial charge in [-0.3, -0.25) is 14.3 Å². The van der Waals surface area contributed by atoms with E-state index >= 15 is 0 Å². The fraction of sp³-hybridized carbons (Fsp3) is 0.409. The summed E-state index contributed by atoms with van der Waals surface area (Å²) in [5.74, 6) is 0.0652. The quantitative estimate of drug-likeness (QED) is 0.886. The second kappa shape index (κ2) is 7.72. The van der Waals surface area contributed by atoms with Gasteiger partial charge in [-0.2, -0.15) is 5.10 Å². The number of aliphatic hydroxyl groups is 1. The van der Waals surface area contributed by atoms with Crippen LogP contribution < -0.4 is 0 Å². The Morgan fingerprint density at radius 1 is 1.21 bits per heavy atom. The summed E-state index contributed by atoms with van der Waals surface area (Å²) in [5.41, 5.74) is 4.27. The van der Waals surface area contributed by atoms with Gasteiger partial charge in [0.2, 0.25) is 5.91 Å². The first-order valence-corrected chi connectivity index (χ1v) is 9.86. The number of aliphatic hydroxyl groups excluding tert-OH is 1. The van der Waals surface area contributed by atoms with Crippen LogP contribution in [0.2, 0.25) is 0 Å². The van der Waals surface area contributed by atoms with Gasteiger partial charge < -0.3 is 10.0 Å². The maximum Gasteiger partial charge on any atom is 0.227 e. The zero-order valence-electron chi connectivity index (χ0n) is 16.1. The fourth-order valence-corrected chi connectivity index (χ4v) is 4.04. The Kier molecular flexibility index (Phi) is 5.13. The molecule has 0 fully saturated rings. The van der Waals surface area contributed by atoms with Crippen molar-refractivity contribution in [2.75, 3.05) is 6.54 Å². The molecule has 6 nitrogen and oxygen atoms in total. The number of rotatable bonds is 4. The van der Waals surface area contributed by atoms with Crippen LogP contribution in [0.5, 0.6) is 0 Å². The molecular formula is C22H25N3O3. The number of benzene rings is 1. The Hall–Kier alpha value is -2.73. The predicted molar refractivity (Wildman–Crippen MR) is 105 cm³/mol. The molecule has 0 unspecified atom stereocenters. The van der Waals surface area contributed by atoms with Gasteiger partial charge in [0, 0.05) is 25.1 Å². The van der Waals surface area contributed by atoms with Gasteiger partial charge in [-0.1, -0.05) is 30.3 Å². The summed E-state index contributed by atoms with van der Waals surface area (Å²) in [7, 11) is 0. The van der Waals surface area contributed by atoms with Crippen LogP contribution in [-0.2, 0) is 22.7 Å². The highest BCUT2D eigenvalue weighted by atomic mass is 16.3. The molecule has 2 aliphatic rings. The molecule has 28 heavy (non-hydrogen) atoms. The van der Waals surface area contributed by atoms with Crippen LogP contribution in [0.4, 0.5) is 0 Å². The molecule has 4 rings (SSSR count). The monoisotopic (exact) mass is 379 g/mol. The number of carbonyl (C=O) groups is 2. The lowest BCUT2D eigenvalue weighted by Crippen LogP contribution is -2.31. The van der Waals surface area contributed by atoms with E-state index in [1.54, 1.807) is 6.92 Å². The Morgan fingerprint density at radius 3 is 2.75 bits per heavy atom. The van der Waals surface area contributed by atoms with Gasteiger partial charge >= 0.3 is 0 Å². The zero-order valence-corrected chi connectivity index (χ0v) is 16.1. The minimum Gasteiger partial charge on any atom is -0.387 e. The lowest BCUT2D eigenvalue weighted by molar-refractivity contribution is -0.131. The summed E-state index contributed by atoms with van der Waals surface area (Å²) in [6, 6.07) is 11.7. The first-order valence-electron chi connectivity index (χ1n) is 9.86. The lowest BCUT2D eigenvalue weighted by atomic mass is 9.99. The predicted octanol–water partition coefficient (Wildman–Crippen LogP) is 2.88. The molecular weight excluding hydrogens is 354 g/mol. The largest absolute Gasteiger partial charge is 0.387 e. The van der Waals surface area contributed by atoms with E-state index in [4.69, 9.17) is 0 Å². The van der Waals surface area contributed by atoms with Crippen molar-refractivity contribution in [3.8, 4) is 0 Å². The number of aromatic nitrogens is 2. The van der Waals surface area contributed by atoms with Crippen LogP contribution in [-0.4, -0.2) is 38.0 Å². The minimum atomic E-state index is -0.627. The van der Waals surface area contributed by atoms with Crippen molar-refractivity contribution in [1.82, 2.24) is 14.7 Å². The van der Waals surface area contributed by atoms with Gasteiger partial charge in [-0.15, -0.1) is 0 Å². The maximum absolute atomic E-state index is 13.0. The van der Waals surface area contributed by atoms with Crippen LogP contribution >= 0.6 is 0 Å². The summed E-state index contributed by atoms with van der Waals surface area (Å²) in [6.07, 6.45) is 1.52. The van der Waals surface area contributed by atoms with Crippen LogP contribution in [0.25, 0.3) is 5.57 Å². The maximum atomic E-state index is 13.0. The van der Waals surface area contributed by atoms with Crippen molar-refractivity contribution in [2.24, 2.45) is 0 Å². The highest BCUT2D eigenvalue weighted by molar-refractivity contribution is 6.10. The van der Waals surface area contributed by atoms with Gasteiger partial charge in [0.25, 0.3) is 0 Å². The average Bonchev–Trinajstić information content (AvgIpc) is 3.20. The number of amides is 1. The van der Waals surface area contributed by atoms with E-state index in [-0.39, 0.29) is 18.1 Å². The molecule has 1 aromatic heterocycles. The second-order valence-corrected chi connectivity index (χ2v) is 7.55. The number of carbonyl (C=O) groups excluding carboxylic acids is 2. The molecule has 146 valence electrons. The molecule has 0 saturated heterocycles. The van der Waals surface area contributed by atoms with Gasteiger partial charge in [-0.25, -0.2) is 0 Å². The van der Waals surface area contributed by atoms with E-state index in [1.165, 1.54) is 0 Å². The van der Waals surface area contributed by atoms with Crippen LogP contribution in [0.3, 0.4) is 0 Å². The zero-order chi connectivity index (χ0) is 19.7. The number of aryl methyl sites for hydroxylation is 1. The fourth-order valence-electron chi connectivity index (χ4n) is 4.04. The Balaban J connectivity index is 1.54. The lowest BCUT2D eigenvalue weighted by Gasteiger charge is -2.20. The van der Waals surface area contributed by atoms with Gasteiger partial charge in [-0.05, 0) is 37.0 Å². The standard InChI is InChI=1S/C22H25N3O3/c1-15(26)20-12-17-14-24(10-5-11-25(17)23-20)22(28)13-19-18(8-9-21(19)27)16-6-3-2-4-7-16/h2-4,6-7,12,15,26H,5,8-11,13-14H2,1H3/t15-/m1/s1. The van der Waals surface area contributed by atoms with Crippen LogP contribution in [0, 0.1) is 0 Å². The number of nitrogens with zero attached hydrogens (tertiary/aromatic N) is 3. The van der Waals surface area contributed by atoms with E-state index in [0.717, 1.165) is 29.8 Å². The Morgan fingerprint density at radius 2 is 2.00 bits per heavy atom. The molecule has 2 heterocycles. The number of hydrogen-bond donors (Lipinski definition) is 1. The smallest absolute Gasteiger partial charge is 0.227 e. The molecule has 1 N–H and O–H groups in total. The number of fused-ring (bicyclic) bond motifs is 1. The summed E-state index contributed by atoms with van der Waals surface area (Å²) in [4.78, 5) is 27.3. The van der Waals surface area contributed by atoms with Crippen molar-refractivity contribution in [2.45, 2.75) is 51.8 Å². The minimum absolute atomic E-state index is 0.0214. The summed E-state index contributed by atoms with van der Waals surface area (Å²) in [6.45, 7) is 3.52. The third-order valence-corrected chi connectivity index (χ3v) is 5.57. The summed E-state index contributed by atoms with van der Waals surface area (Å²) < 4.78 is 1.88. The highest BCUT2D eigenvalue weighted by Crippen LogP contribution is 2.34. The molecule has 1 aliphatic carbocycles. The first-order chi connectivity index (χ1) is 13.5. The molecule has 0 spiro atoms. The van der Waals surface area contributed by atoms with Crippen LogP contribution in [0.15, 0.2) is 42.0 Å². The molecule has 0 bridgehead atoms. The Bertz CT molecular complexity index is 928. The average molecular weight is 379 g/mol. The number of hydrogen-bond acceptors (Lipinski definition) is 4. The van der Waals surface area contributed by atoms with Crippen molar-refractivity contribution in [3.05, 3.63) is 58.9 Å². The third kappa shape index (κ3) is 3.64. The van der Waals surface area contributed by atoms with Crippen molar-refractivity contribution in [3.63, 3.8) is 0 Å². The van der Waals surface area contributed by atoms with E-state index in [1.807, 2.05) is 46.0 Å². The molecule has 0 saturated carbocycles. The van der Waals surface area contributed by atoms with Crippen molar-refractivity contribution < 1.29 is 14.7 Å². The molecule has 6 heteroatoms. The van der Waals surface area contributed by atoms with Gasteiger partial charge in [0.15, 0.2) is 5.78 Å². The molecule has 1 aliphatic heterocycles. The van der Waals surface area contributed by atoms with E-state index < -0.39 is 6.10 Å².